The van der Waals surface area contributed by atoms with Crippen LogP contribution in [-0.2, 0) is 9.53 Å². The van der Waals surface area contributed by atoms with Gasteiger partial charge in [0.15, 0.2) is 11.6 Å². The summed E-state index contributed by atoms with van der Waals surface area (Å²) in [6.45, 7) is 0.876. The Balaban J connectivity index is 1.56. The maximum atomic E-state index is 14.6. The Bertz CT molecular complexity index is 1000. The number of primary amides is 1. The number of nitrogens with one attached hydrogen (secondary N) is 2. The minimum atomic E-state index is -0.816. The third kappa shape index (κ3) is 4.78. The molecule has 0 aromatic carbocycles. The van der Waals surface area contributed by atoms with Gasteiger partial charge in [-0.2, -0.15) is 0 Å². The van der Waals surface area contributed by atoms with Gasteiger partial charge in [0, 0.05) is 12.1 Å². The Kier molecular flexibility index (Phi) is 6.47. The van der Waals surface area contributed by atoms with Crippen LogP contribution in [0.4, 0.5) is 27.5 Å². The second-order valence-corrected chi connectivity index (χ2v) is 7.91. The van der Waals surface area contributed by atoms with E-state index in [0.29, 0.717) is 24.7 Å². The van der Waals surface area contributed by atoms with Crippen LogP contribution in [0.5, 0.6) is 0 Å². The van der Waals surface area contributed by atoms with Crippen molar-refractivity contribution >= 4 is 35.0 Å². The number of morpholine rings is 1. The summed E-state index contributed by atoms with van der Waals surface area (Å²) in [6.07, 6.45) is 5.21. The number of pyridine rings is 2. The number of rotatable bonds is 6. The van der Waals surface area contributed by atoms with E-state index in [2.05, 4.69) is 20.6 Å². The number of nitrogens with two attached hydrogens (primary N) is 2. The van der Waals surface area contributed by atoms with E-state index in [4.69, 9.17) is 16.2 Å². The van der Waals surface area contributed by atoms with Gasteiger partial charge in [0.2, 0.25) is 0 Å². The van der Waals surface area contributed by atoms with Gasteiger partial charge >= 0.3 is 0 Å². The van der Waals surface area contributed by atoms with Crippen LogP contribution in [0.25, 0.3) is 0 Å². The van der Waals surface area contributed by atoms with E-state index in [1.165, 1.54) is 11.1 Å². The largest absolute Gasteiger partial charge is 0.370 e. The van der Waals surface area contributed by atoms with E-state index in [0.717, 1.165) is 31.7 Å². The predicted molar refractivity (Wildman–Crippen MR) is 117 cm³/mol. The van der Waals surface area contributed by atoms with E-state index in [1.54, 1.807) is 12.1 Å². The summed E-state index contributed by atoms with van der Waals surface area (Å²) in [5, 5.41) is 6.04. The molecular formula is C21H26FN7O3. The van der Waals surface area contributed by atoms with Crippen LogP contribution < -0.4 is 27.0 Å². The number of carbonyl (C=O) groups is 2. The van der Waals surface area contributed by atoms with Crippen LogP contribution in [0.1, 0.15) is 36.0 Å². The molecule has 1 saturated heterocycles. The van der Waals surface area contributed by atoms with Gasteiger partial charge in [0.05, 0.1) is 30.6 Å². The zero-order chi connectivity index (χ0) is 22.7. The highest BCUT2D eigenvalue weighted by Crippen LogP contribution is 2.27. The van der Waals surface area contributed by atoms with Crippen molar-refractivity contribution in [1.29, 1.82) is 0 Å². The third-order valence-corrected chi connectivity index (χ3v) is 5.66. The number of carbonyl (C=O) groups excluding carboxylic acids is 2. The second kappa shape index (κ2) is 9.45. The van der Waals surface area contributed by atoms with Gasteiger partial charge < -0.3 is 26.8 Å². The summed E-state index contributed by atoms with van der Waals surface area (Å²) in [5.74, 6) is -1.08. The van der Waals surface area contributed by atoms with Crippen molar-refractivity contribution in [3.8, 4) is 0 Å². The quantitative estimate of drug-likeness (QED) is 0.525. The summed E-state index contributed by atoms with van der Waals surface area (Å²) in [5.41, 5.74) is 12.0. The number of ether oxygens (including phenoxy) is 1. The van der Waals surface area contributed by atoms with Crippen LogP contribution in [0.15, 0.2) is 24.4 Å². The molecule has 0 spiro atoms. The van der Waals surface area contributed by atoms with Crippen LogP contribution >= 0.6 is 0 Å². The molecule has 170 valence electrons. The fourth-order valence-electron chi connectivity index (χ4n) is 3.90. The summed E-state index contributed by atoms with van der Waals surface area (Å²) in [7, 11) is 0. The van der Waals surface area contributed by atoms with Crippen molar-refractivity contribution in [1.82, 2.24) is 9.97 Å². The maximum Gasteiger partial charge on any atom is 0.254 e. The van der Waals surface area contributed by atoms with Gasteiger partial charge in [-0.05, 0) is 31.0 Å². The van der Waals surface area contributed by atoms with Crippen molar-refractivity contribution in [3.63, 3.8) is 0 Å². The maximum absolute atomic E-state index is 14.6. The van der Waals surface area contributed by atoms with Gasteiger partial charge in [-0.15, -0.1) is 0 Å². The summed E-state index contributed by atoms with van der Waals surface area (Å²) < 4.78 is 19.8. The van der Waals surface area contributed by atoms with E-state index in [9.17, 15) is 14.0 Å². The molecule has 32 heavy (non-hydrogen) atoms. The molecule has 2 amide bonds. The normalized spacial score (nSPS) is 21.3. The highest BCUT2D eigenvalue weighted by Gasteiger charge is 2.25. The summed E-state index contributed by atoms with van der Waals surface area (Å²) in [6, 6.07) is 4.20. The van der Waals surface area contributed by atoms with Crippen molar-refractivity contribution in [2.45, 2.75) is 37.8 Å². The second-order valence-electron chi connectivity index (χ2n) is 7.91. The molecule has 2 fully saturated rings. The molecule has 2 aromatic rings. The molecule has 3 heterocycles. The Morgan fingerprint density at radius 3 is 2.75 bits per heavy atom. The number of halogens is 1. The topological polar surface area (TPSA) is 148 Å². The van der Waals surface area contributed by atoms with Crippen LogP contribution in [0, 0.1) is 5.82 Å². The molecule has 2 aliphatic rings. The number of anilines is 4. The minimum Gasteiger partial charge on any atom is -0.370 e. The fourth-order valence-corrected chi connectivity index (χ4v) is 3.90. The molecule has 0 radical (unpaired) electrons. The first-order valence-electron chi connectivity index (χ1n) is 10.6. The molecule has 0 bridgehead atoms. The van der Waals surface area contributed by atoms with E-state index in [1.807, 2.05) is 0 Å². The number of hydrogen-bond acceptors (Lipinski definition) is 8. The van der Waals surface area contributed by atoms with Gasteiger partial charge in [-0.25, -0.2) is 14.4 Å². The Labute approximate surface area is 184 Å². The summed E-state index contributed by atoms with van der Waals surface area (Å²) >= 11 is 0. The van der Waals surface area contributed by atoms with E-state index >= 15 is 0 Å². The van der Waals surface area contributed by atoms with Crippen molar-refractivity contribution < 1.29 is 18.7 Å². The molecule has 1 aliphatic heterocycles. The highest BCUT2D eigenvalue weighted by molar-refractivity contribution is 5.98. The third-order valence-electron chi connectivity index (χ3n) is 5.66. The van der Waals surface area contributed by atoms with E-state index in [-0.39, 0.29) is 41.8 Å². The Hall–Kier alpha value is -3.31. The molecule has 1 saturated carbocycles. The first-order chi connectivity index (χ1) is 15.4. The smallest absolute Gasteiger partial charge is 0.254 e. The summed E-state index contributed by atoms with van der Waals surface area (Å²) in [4.78, 5) is 34.0. The van der Waals surface area contributed by atoms with Crippen molar-refractivity contribution in [3.05, 3.63) is 35.8 Å². The van der Waals surface area contributed by atoms with Gasteiger partial charge in [0.1, 0.15) is 18.2 Å². The van der Waals surface area contributed by atoms with Crippen LogP contribution in [-0.4, -0.2) is 53.6 Å². The van der Waals surface area contributed by atoms with Gasteiger partial charge in [-0.3, -0.25) is 14.5 Å². The molecule has 10 nitrogen and oxygen atoms in total. The number of aromatic nitrogens is 2. The van der Waals surface area contributed by atoms with Crippen molar-refractivity contribution in [2.75, 3.05) is 35.3 Å². The van der Waals surface area contributed by atoms with Gasteiger partial charge in [0.25, 0.3) is 11.8 Å². The zero-order valence-corrected chi connectivity index (χ0v) is 17.5. The molecule has 2 aromatic heterocycles. The highest BCUT2D eigenvalue weighted by atomic mass is 19.1. The molecule has 6 N–H and O–H groups in total. The Morgan fingerprint density at radius 2 is 2.06 bits per heavy atom. The van der Waals surface area contributed by atoms with Crippen LogP contribution in [0.2, 0.25) is 0 Å². The number of nitrogens with zero attached hydrogens (tertiary/aromatic N) is 3. The van der Waals surface area contributed by atoms with Crippen molar-refractivity contribution in [2.24, 2.45) is 11.5 Å². The van der Waals surface area contributed by atoms with E-state index < -0.39 is 11.7 Å². The molecule has 4 rings (SSSR count). The molecular weight excluding hydrogens is 417 g/mol. The number of amides is 2. The SMILES string of the molecule is NC(=O)c1cc(F)c(N[C@@H]2CCCCC2N)nc1Nc1ccc(N2CCOCC2=O)nc1. The molecule has 11 heteroatoms. The molecule has 1 unspecified atom stereocenters. The Morgan fingerprint density at radius 1 is 1.25 bits per heavy atom. The minimum absolute atomic E-state index is 0.00310. The first kappa shape index (κ1) is 21.9. The van der Waals surface area contributed by atoms with Gasteiger partial charge in [-0.1, -0.05) is 12.8 Å². The van der Waals surface area contributed by atoms with Crippen LogP contribution in [0.3, 0.4) is 0 Å². The fraction of sp³-hybridized carbons (Fsp3) is 0.429. The standard InChI is InChI=1S/C21H26FN7O3/c22-14-9-13(19(24)31)20(28-21(14)27-16-4-2-1-3-15(16)23)26-12-5-6-17(25-10-12)29-7-8-32-11-18(29)30/h5-6,9-10,15-16H,1-4,7-8,11,23H2,(H2,24,31)(H2,26,27,28)/t15?,16-/m1/s1. The number of hydrogen-bond donors (Lipinski definition) is 4. The lowest BCUT2D eigenvalue weighted by Gasteiger charge is -2.30. The zero-order valence-electron chi connectivity index (χ0n) is 17.5. The predicted octanol–water partition coefficient (Wildman–Crippen LogP) is 1.50. The average molecular weight is 443 g/mol. The monoisotopic (exact) mass is 443 g/mol. The lowest BCUT2D eigenvalue weighted by atomic mass is 9.91. The lowest BCUT2D eigenvalue weighted by molar-refractivity contribution is -0.125. The lowest BCUT2D eigenvalue weighted by Crippen LogP contribution is -2.43. The average Bonchev–Trinajstić information content (AvgIpc) is 2.78. The first-order valence-corrected chi connectivity index (χ1v) is 10.6. The molecule has 1 aliphatic carbocycles. The molecule has 2 atom stereocenters.